The molecule has 0 radical (unpaired) electrons. The minimum absolute atomic E-state index is 0.0892. The topological polar surface area (TPSA) is 83.2 Å². The van der Waals surface area contributed by atoms with Crippen molar-refractivity contribution in [2.24, 2.45) is 0 Å². The number of benzene rings is 3. The largest absolute Gasteiger partial charge is 0.497 e. The van der Waals surface area contributed by atoms with Gasteiger partial charge >= 0.3 is 0 Å². The Kier molecular flexibility index (Phi) is 7.60. The smallest absolute Gasteiger partial charge is 0.232 e. The van der Waals surface area contributed by atoms with E-state index in [1.165, 1.54) is 0 Å². The van der Waals surface area contributed by atoms with Crippen molar-refractivity contribution in [1.82, 2.24) is 15.6 Å². The van der Waals surface area contributed by atoms with E-state index in [0.29, 0.717) is 13.0 Å². The van der Waals surface area contributed by atoms with Crippen LogP contribution < -0.4 is 15.4 Å². The lowest BCUT2D eigenvalue weighted by Crippen LogP contribution is -2.34. The molecule has 2 amide bonds. The van der Waals surface area contributed by atoms with Crippen LogP contribution in [0.3, 0.4) is 0 Å². The maximum atomic E-state index is 13.0. The Hall–Kier alpha value is -4.06. The van der Waals surface area contributed by atoms with Crippen LogP contribution in [0.15, 0.2) is 85.1 Å². The van der Waals surface area contributed by atoms with Gasteiger partial charge in [0.2, 0.25) is 11.8 Å². The summed E-state index contributed by atoms with van der Waals surface area (Å²) < 4.78 is 5.31. The van der Waals surface area contributed by atoms with Gasteiger partial charge in [0.15, 0.2) is 0 Å². The molecule has 34 heavy (non-hydrogen) atoms. The molecule has 1 aromatic heterocycles. The van der Waals surface area contributed by atoms with Gasteiger partial charge in [0.1, 0.15) is 5.75 Å². The van der Waals surface area contributed by atoms with Gasteiger partial charge in [-0.1, -0.05) is 60.7 Å². The van der Waals surface area contributed by atoms with Crippen LogP contribution in [0, 0.1) is 0 Å². The van der Waals surface area contributed by atoms with E-state index in [1.54, 1.807) is 7.11 Å². The molecule has 0 spiro atoms. The molecule has 0 aliphatic rings. The Morgan fingerprint density at radius 3 is 2.21 bits per heavy atom. The van der Waals surface area contributed by atoms with Crippen LogP contribution >= 0.6 is 0 Å². The standard InChI is InChI=1S/C28H29N3O3/c1-34-23-12-13-25-24(18-23)22(19-31-25)14-16-29-26(32)15-17-30-28(33)27(20-8-4-2-5-9-20)21-10-6-3-7-11-21/h2-13,18-19,27,31H,14-17H2,1H3,(H,29,32)(H,30,33). The van der Waals surface area contributed by atoms with E-state index in [2.05, 4.69) is 15.6 Å². The average molecular weight is 456 g/mol. The molecule has 0 aliphatic heterocycles. The van der Waals surface area contributed by atoms with Crippen molar-refractivity contribution in [2.45, 2.75) is 18.8 Å². The Morgan fingerprint density at radius 2 is 1.56 bits per heavy atom. The second-order valence-electron chi connectivity index (χ2n) is 8.12. The monoisotopic (exact) mass is 455 g/mol. The number of hydrogen-bond donors (Lipinski definition) is 3. The molecular formula is C28H29N3O3. The molecule has 3 aromatic carbocycles. The summed E-state index contributed by atoms with van der Waals surface area (Å²) in [7, 11) is 1.65. The first-order chi connectivity index (χ1) is 16.7. The van der Waals surface area contributed by atoms with E-state index in [4.69, 9.17) is 4.74 Å². The number of hydrogen-bond acceptors (Lipinski definition) is 3. The van der Waals surface area contributed by atoms with Gasteiger partial charge in [-0.05, 0) is 41.3 Å². The van der Waals surface area contributed by atoms with E-state index >= 15 is 0 Å². The Balaban J connectivity index is 1.27. The first-order valence-electron chi connectivity index (χ1n) is 11.4. The fraction of sp³-hybridized carbons (Fsp3) is 0.214. The van der Waals surface area contributed by atoms with Crippen LogP contribution in [0.4, 0.5) is 0 Å². The van der Waals surface area contributed by atoms with Crippen molar-refractivity contribution in [3.8, 4) is 5.75 Å². The number of aromatic nitrogens is 1. The van der Waals surface area contributed by atoms with Gasteiger partial charge < -0.3 is 20.4 Å². The summed E-state index contributed by atoms with van der Waals surface area (Å²) in [5.74, 6) is 0.188. The van der Waals surface area contributed by atoms with Gasteiger partial charge in [0, 0.05) is 36.6 Å². The molecule has 0 bridgehead atoms. The van der Waals surface area contributed by atoms with E-state index < -0.39 is 5.92 Å². The third kappa shape index (κ3) is 5.64. The first kappa shape index (κ1) is 23.1. The van der Waals surface area contributed by atoms with Crippen LogP contribution in [-0.2, 0) is 16.0 Å². The number of nitrogens with one attached hydrogen (secondary N) is 3. The highest BCUT2D eigenvalue weighted by molar-refractivity contribution is 5.88. The predicted octanol–water partition coefficient (Wildman–Crippen LogP) is 4.17. The quantitative estimate of drug-likeness (QED) is 0.336. The number of carbonyl (C=O) groups excluding carboxylic acids is 2. The number of rotatable bonds is 10. The first-order valence-corrected chi connectivity index (χ1v) is 11.4. The SMILES string of the molecule is COc1ccc2[nH]cc(CCNC(=O)CCNC(=O)C(c3ccccc3)c3ccccc3)c2c1. The van der Waals surface area contributed by atoms with Crippen molar-refractivity contribution in [3.05, 3.63) is 102 Å². The number of ether oxygens (including phenoxy) is 1. The second-order valence-corrected chi connectivity index (χ2v) is 8.12. The minimum atomic E-state index is -0.413. The fourth-order valence-corrected chi connectivity index (χ4v) is 4.10. The third-order valence-corrected chi connectivity index (χ3v) is 5.87. The summed E-state index contributed by atoms with van der Waals surface area (Å²) in [5.41, 5.74) is 4.00. The Labute approximate surface area is 199 Å². The number of fused-ring (bicyclic) bond motifs is 1. The van der Waals surface area contributed by atoms with E-state index in [1.807, 2.05) is 85.1 Å². The molecule has 4 aromatic rings. The number of methoxy groups -OCH3 is 1. The molecule has 0 saturated heterocycles. The fourth-order valence-electron chi connectivity index (χ4n) is 4.10. The molecule has 3 N–H and O–H groups in total. The zero-order valence-electron chi connectivity index (χ0n) is 19.2. The highest BCUT2D eigenvalue weighted by Gasteiger charge is 2.22. The summed E-state index contributed by atoms with van der Waals surface area (Å²) in [5, 5.41) is 6.97. The van der Waals surface area contributed by atoms with Crippen molar-refractivity contribution < 1.29 is 14.3 Å². The lowest BCUT2D eigenvalue weighted by molar-refractivity contribution is -0.122. The van der Waals surface area contributed by atoms with Gasteiger partial charge in [-0.3, -0.25) is 9.59 Å². The van der Waals surface area contributed by atoms with Crippen molar-refractivity contribution >= 4 is 22.7 Å². The number of carbonyl (C=O) groups is 2. The maximum absolute atomic E-state index is 13.0. The van der Waals surface area contributed by atoms with Crippen LogP contribution in [0.25, 0.3) is 10.9 Å². The van der Waals surface area contributed by atoms with Crippen LogP contribution in [0.5, 0.6) is 5.75 Å². The highest BCUT2D eigenvalue weighted by Crippen LogP contribution is 2.25. The molecule has 0 saturated carbocycles. The van der Waals surface area contributed by atoms with Crippen molar-refractivity contribution in [2.75, 3.05) is 20.2 Å². The average Bonchev–Trinajstić information content (AvgIpc) is 3.27. The zero-order valence-corrected chi connectivity index (χ0v) is 19.2. The second kappa shape index (κ2) is 11.2. The van der Waals surface area contributed by atoms with Crippen LogP contribution in [0.1, 0.15) is 29.0 Å². The maximum Gasteiger partial charge on any atom is 0.232 e. The number of aromatic amines is 1. The van der Waals surface area contributed by atoms with Crippen molar-refractivity contribution in [3.63, 3.8) is 0 Å². The molecule has 0 unspecified atom stereocenters. The van der Waals surface area contributed by atoms with Crippen LogP contribution in [-0.4, -0.2) is 37.0 Å². The highest BCUT2D eigenvalue weighted by atomic mass is 16.5. The summed E-state index contributed by atoms with van der Waals surface area (Å²) in [4.78, 5) is 28.6. The summed E-state index contributed by atoms with van der Waals surface area (Å²) in [6.07, 6.45) is 2.89. The normalized spacial score (nSPS) is 10.9. The van der Waals surface area contributed by atoms with Gasteiger partial charge in [0.25, 0.3) is 0 Å². The summed E-state index contributed by atoms with van der Waals surface area (Å²) in [6, 6.07) is 25.3. The Bertz CT molecular complexity index is 1200. The summed E-state index contributed by atoms with van der Waals surface area (Å²) >= 11 is 0. The molecular weight excluding hydrogens is 426 g/mol. The predicted molar refractivity (Wildman–Crippen MR) is 134 cm³/mol. The van der Waals surface area contributed by atoms with Gasteiger partial charge in [-0.2, -0.15) is 0 Å². The minimum Gasteiger partial charge on any atom is -0.497 e. The van der Waals surface area contributed by atoms with Crippen LogP contribution in [0.2, 0.25) is 0 Å². The Morgan fingerprint density at radius 1 is 0.882 bits per heavy atom. The third-order valence-electron chi connectivity index (χ3n) is 5.87. The lowest BCUT2D eigenvalue weighted by Gasteiger charge is -2.18. The van der Waals surface area contributed by atoms with E-state index in [9.17, 15) is 9.59 Å². The number of amides is 2. The number of H-pyrrole nitrogens is 1. The van der Waals surface area contributed by atoms with E-state index in [0.717, 1.165) is 33.3 Å². The molecule has 0 atom stereocenters. The molecule has 1 heterocycles. The van der Waals surface area contributed by atoms with Gasteiger partial charge in [-0.25, -0.2) is 0 Å². The molecule has 174 valence electrons. The van der Waals surface area contributed by atoms with Gasteiger partial charge in [0.05, 0.1) is 13.0 Å². The molecule has 4 rings (SSSR count). The molecule has 0 fully saturated rings. The molecule has 0 aliphatic carbocycles. The molecule has 6 heteroatoms. The lowest BCUT2D eigenvalue weighted by atomic mass is 9.90. The van der Waals surface area contributed by atoms with Gasteiger partial charge in [-0.15, -0.1) is 0 Å². The zero-order chi connectivity index (χ0) is 23.8. The summed E-state index contributed by atoms with van der Waals surface area (Å²) in [6.45, 7) is 0.804. The molecule has 6 nitrogen and oxygen atoms in total. The van der Waals surface area contributed by atoms with E-state index in [-0.39, 0.29) is 24.8 Å². The van der Waals surface area contributed by atoms with Crippen molar-refractivity contribution in [1.29, 1.82) is 0 Å².